The molecule has 3 heteroatoms. The van der Waals surface area contributed by atoms with Crippen molar-refractivity contribution in [1.29, 1.82) is 0 Å². The molecular weight excluding hydrogens is 236 g/mol. The molecule has 0 spiro atoms. The molecule has 2 rings (SSSR count). The molecule has 1 aromatic rings. The van der Waals surface area contributed by atoms with Gasteiger partial charge in [-0.15, -0.1) is 11.6 Å². The fraction of sp³-hybridized carbons (Fsp3) is 0.429. The Morgan fingerprint density at radius 2 is 1.94 bits per heavy atom. The van der Waals surface area contributed by atoms with E-state index in [1.165, 1.54) is 0 Å². The maximum atomic E-state index is 5.86. The molecule has 0 bridgehead atoms. The summed E-state index contributed by atoms with van der Waals surface area (Å²) in [6.45, 7) is 1.59. The van der Waals surface area contributed by atoms with Gasteiger partial charge in [0.2, 0.25) is 0 Å². The van der Waals surface area contributed by atoms with Crippen LogP contribution in [0.1, 0.15) is 18.4 Å². The molecule has 0 aliphatic carbocycles. The molecule has 1 saturated heterocycles. The Morgan fingerprint density at radius 3 is 2.59 bits per heavy atom. The standard InChI is InChI=1S/C14H15ClO2/c15-9-1-2-12-3-5-13(6-4-12)17-14-7-10-16-11-8-14/h3-6,14H,7-11H2. The molecule has 0 amide bonds. The number of benzene rings is 1. The minimum absolute atomic E-state index is 0.281. The van der Waals surface area contributed by atoms with Crippen molar-refractivity contribution in [2.45, 2.75) is 18.9 Å². The number of alkyl halides is 1. The van der Waals surface area contributed by atoms with Gasteiger partial charge in [0.15, 0.2) is 0 Å². The molecule has 0 atom stereocenters. The van der Waals surface area contributed by atoms with Crippen molar-refractivity contribution in [3.63, 3.8) is 0 Å². The molecule has 1 aliphatic rings. The quantitative estimate of drug-likeness (QED) is 0.594. The Balaban J connectivity index is 1.93. The molecule has 1 aliphatic heterocycles. The SMILES string of the molecule is ClCC#Cc1ccc(OC2CCOCC2)cc1. The third kappa shape index (κ3) is 3.96. The summed E-state index contributed by atoms with van der Waals surface area (Å²) < 4.78 is 11.2. The third-order valence-corrected chi connectivity index (χ3v) is 2.76. The lowest BCUT2D eigenvalue weighted by Crippen LogP contribution is -2.25. The van der Waals surface area contributed by atoms with Gasteiger partial charge >= 0.3 is 0 Å². The van der Waals surface area contributed by atoms with Gasteiger partial charge < -0.3 is 9.47 Å². The van der Waals surface area contributed by atoms with Gasteiger partial charge in [0.05, 0.1) is 19.1 Å². The molecule has 0 N–H and O–H groups in total. The van der Waals surface area contributed by atoms with Crippen LogP contribution in [-0.2, 0) is 4.74 Å². The minimum atomic E-state index is 0.281. The molecule has 0 unspecified atom stereocenters. The zero-order valence-electron chi connectivity index (χ0n) is 9.62. The van der Waals surface area contributed by atoms with Gasteiger partial charge in [-0.1, -0.05) is 11.8 Å². The molecule has 90 valence electrons. The number of hydrogen-bond acceptors (Lipinski definition) is 2. The summed E-state index contributed by atoms with van der Waals surface area (Å²) in [5.74, 6) is 7.05. The van der Waals surface area contributed by atoms with Crippen LogP contribution in [0.25, 0.3) is 0 Å². The average Bonchev–Trinajstić information content (AvgIpc) is 2.39. The van der Waals surface area contributed by atoms with E-state index in [1.807, 2.05) is 24.3 Å². The van der Waals surface area contributed by atoms with Crippen LogP contribution < -0.4 is 4.74 Å². The summed E-state index contributed by atoms with van der Waals surface area (Å²) in [5.41, 5.74) is 0.963. The highest BCUT2D eigenvalue weighted by atomic mass is 35.5. The Morgan fingerprint density at radius 1 is 1.24 bits per heavy atom. The summed E-state index contributed by atoms with van der Waals surface area (Å²) in [6.07, 6.45) is 2.21. The van der Waals surface area contributed by atoms with E-state index in [9.17, 15) is 0 Å². The smallest absolute Gasteiger partial charge is 0.119 e. The van der Waals surface area contributed by atoms with E-state index < -0.39 is 0 Å². The summed E-state index contributed by atoms with van der Waals surface area (Å²) in [5, 5.41) is 0. The maximum Gasteiger partial charge on any atom is 0.119 e. The largest absolute Gasteiger partial charge is 0.490 e. The molecule has 0 radical (unpaired) electrons. The van der Waals surface area contributed by atoms with Gasteiger partial charge in [-0.25, -0.2) is 0 Å². The average molecular weight is 251 g/mol. The lowest BCUT2D eigenvalue weighted by Gasteiger charge is -2.23. The van der Waals surface area contributed by atoms with Crippen molar-refractivity contribution >= 4 is 11.6 Å². The van der Waals surface area contributed by atoms with Crippen molar-refractivity contribution in [3.8, 4) is 17.6 Å². The monoisotopic (exact) mass is 250 g/mol. The lowest BCUT2D eigenvalue weighted by atomic mass is 10.1. The second-order valence-corrected chi connectivity index (χ2v) is 4.16. The van der Waals surface area contributed by atoms with E-state index in [0.29, 0.717) is 5.88 Å². The van der Waals surface area contributed by atoms with E-state index in [4.69, 9.17) is 21.1 Å². The van der Waals surface area contributed by atoms with Gasteiger partial charge in [-0.05, 0) is 24.3 Å². The molecular formula is C14H15ClO2. The highest BCUT2D eigenvalue weighted by Crippen LogP contribution is 2.18. The van der Waals surface area contributed by atoms with Crippen molar-refractivity contribution in [1.82, 2.24) is 0 Å². The molecule has 17 heavy (non-hydrogen) atoms. The summed E-state index contributed by atoms with van der Waals surface area (Å²) in [4.78, 5) is 0. The minimum Gasteiger partial charge on any atom is -0.490 e. The topological polar surface area (TPSA) is 18.5 Å². The van der Waals surface area contributed by atoms with Crippen LogP contribution in [0.15, 0.2) is 24.3 Å². The van der Waals surface area contributed by atoms with Crippen molar-refractivity contribution < 1.29 is 9.47 Å². The molecule has 0 saturated carbocycles. The van der Waals surface area contributed by atoms with E-state index >= 15 is 0 Å². The van der Waals surface area contributed by atoms with Crippen molar-refractivity contribution in [3.05, 3.63) is 29.8 Å². The zero-order chi connectivity index (χ0) is 11.9. The maximum absolute atomic E-state index is 5.86. The Kier molecular flexibility index (Phi) is 4.73. The second-order valence-electron chi connectivity index (χ2n) is 3.89. The number of halogens is 1. The fourth-order valence-corrected chi connectivity index (χ4v) is 1.81. The molecule has 1 fully saturated rings. The number of ether oxygens (including phenoxy) is 2. The van der Waals surface area contributed by atoms with E-state index in [-0.39, 0.29) is 6.10 Å². The molecule has 1 aromatic carbocycles. The van der Waals surface area contributed by atoms with Crippen LogP contribution in [0.2, 0.25) is 0 Å². The molecule has 2 nitrogen and oxygen atoms in total. The Hall–Kier alpha value is -1.17. The van der Waals surface area contributed by atoms with Gasteiger partial charge in [0.25, 0.3) is 0 Å². The van der Waals surface area contributed by atoms with Gasteiger partial charge in [0, 0.05) is 18.4 Å². The summed E-state index contributed by atoms with van der Waals surface area (Å²) >= 11 is 5.50. The third-order valence-electron chi connectivity index (χ3n) is 2.62. The molecule has 1 heterocycles. The van der Waals surface area contributed by atoms with Gasteiger partial charge in [0.1, 0.15) is 11.9 Å². The lowest BCUT2D eigenvalue weighted by molar-refractivity contribution is 0.0256. The number of hydrogen-bond donors (Lipinski definition) is 0. The normalized spacial score (nSPS) is 16.1. The van der Waals surface area contributed by atoms with E-state index in [1.54, 1.807) is 0 Å². The summed E-state index contributed by atoms with van der Waals surface area (Å²) in [7, 11) is 0. The predicted molar refractivity (Wildman–Crippen MR) is 68.5 cm³/mol. The van der Waals surface area contributed by atoms with Crippen LogP contribution in [0.3, 0.4) is 0 Å². The van der Waals surface area contributed by atoms with E-state index in [0.717, 1.165) is 37.4 Å². The molecule has 0 aromatic heterocycles. The van der Waals surface area contributed by atoms with Gasteiger partial charge in [-0.3, -0.25) is 0 Å². The van der Waals surface area contributed by atoms with Crippen molar-refractivity contribution in [2.75, 3.05) is 19.1 Å². The van der Waals surface area contributed by atoms with Crippen LogP contribution >= 0.6 is 11.6 Å². The van der Waals surface area contributed by atoms with Crippen LogP contribution in [-0.4, -0.2) is 25.2 Å². The Labute approximate surface area is 107 Å². The van der Waals surface area contributed by atoms with E-state index in [2.05, 4.69) is 11.8 Å². The summed E-state index contributed by atoms with van der Waals surface area (Å²) in [6, 6.07) is 7.81. The first-order valence-corrected chi connectivity index (χ1v) is 6.31. The van der Waals surface area contributed by atoms with Crippen LogP contribution in [0.4, 0.5) is 0 Å². The van der Waals surface area contributed by atoms with Gasteiger partial charge in [-0.2, -0.15) is 0 Å². The predicted octanol–water partition coefficient (Wildman–Crippen LogP) is 2.83. The fourth-order valence-electron chi connectivity index (χ4n) is 1.74. The van der Waals surface area contributed by atoms with Crippen LogP contribution in [0, 0.1) is 11.8 Å². The first-order valence-electron chi connectivity index (χ1n) is 5.78. The first kappa shape index (κ1) is 12.3. The highest BCUT2D eigenvalue weighted by Gasteiger charge is 2.14. The second kappa shape index (κ2) is 6.54. The zero-order valence-corrected chi connectivity index (χ0v) is 10.4. The van der Waals surface area contributed by atoms with Crippen LogP contribution in [0.5, 0.6) is 5.75 Å². The number of rotatable bonds is 2. The highest BCUT2D eigenvalue weighted by molar-refractivity contribution is 6.19. The first-order chi connectivity index (χ1) is 8.38. The Bertz CT molecular complexity index is 396. The van der Waals surface area contributed by atoms with Crippen molar-refractivity contribution in [2.24, 2.45) is 0 Å².